The van der Waals surface area contributed by atoms with Gasteiger partial charge in [0.05, 0.1) is 16.9 Å². The fourth-order valence-electron chi connectivity index (χ4n) is 4.90. The molecule has 0 aliphatic heterocycles. The number of fused-ring (bicyclic) bond motifs is 1. The number of benzene rings is 1. The van der Waals surface area contributed by atoms with E-state index < -0.39 is 19.8 Å². The summed E-state index contributed by atoms with van der Waals surface area (Å²) >= 11 is 2.28. The van der Waals surface area contributed by atoms with Crippen molar-refractivity contribution >= 4 is 65.1 Å². The molecule has 4 N–H and O–H groups in total. The number of halogens is 2. The summed E-state index contributed by atoms with van der Waals surface area (Å²) in [6.45, 7) is 13.2. The number of amides is 2. The summed E-state index contributed by atoms with van der Waals surface area (Å²) in [7, 11) is -1.23. The van der Waals surface area contributed by atoms with Crippen LogP contribution < -0.4 is 16.0 Å². The standard InChI is InChI=1S/C31H43FIN5O4Si/c1-31(2,3)42-30(40)37-22-13-11-20(12-14-22)35-26-23-17-25(27(33)41-15-16-43(4,5)6)38-28(23)34-18-24(26)29(39)36-21-9-7-19(32)8-10-21/h7-10,17-18,20,22,27H,11-16H2,1-6H3,(H,36,39)(H,37,40)(H2,34,35,38). The molecular formula is C31H43FIN5O4Si. The third-order valence-corrected chi connectivity index (χ3v) is 9.92. The Hall–Kier alpha value is -2.71. The summed E-state index contributed by atoms with van der Waals surface area (Å²) in [5.74, 6) is -0.718. The molecule has 1 saturated carbocycles. The van der Waals surface area contributed by atoms with Crippen LogP contribution in [0, 0.1) is 5.82 Å². The fourth-order valence-corrected chi connectivity index (χ4v) is 6.22. The van der Waals surface area contributed by atoms with Crippen LogP contribution >= 0.6 is 22.6 Å². The van der Waals surface area contributed by atoms with Gasteiger partial charge in [0, 0.05) is 44.0 Å². The molecule has 0 spiro atoms. The number of nitrogens with one attached hydrogen (secondary N) is 4. The molecule has 1 aliphatic carbocycles. The number of aromatic nitrogens is 2. The molecule has 1 aliphatic rings. The van der Waals surface area contributed by atoms with Crippen LogP contribution in [0.15, 0.2) is 36.5 Å². The smallest absolute Gasteiger partial charge is 0.407 e. The first-order valence-corrected chi connectivity index (χ1v) is 19.7. The number of alkyl halides is 1. The van der Waals surface area contributed by atoms with E-state index in [0.717, 1.165) is 42.8 Å². The predicted octanol–water partition coefficient (Wildman–Crippen LogP) is 7.99. The van der Waals surface area contributed by atoms with Gasteiger partial charge in [0.15, 0.2) is 0 Å². The van der Waals surface area contributed by atoms with Crippen molar-refractivity contribution in [2.24, 2.45) is 0 Å². The molecule has 9 nitrogen and oxygen atoms in total. The van der Waals surface area contributed by atoms with Crippen LogP contribution in [0.25, 0.3) is 11.0 Å². The lowest BCUT2D eigenvalue weighted by Gasteiger charge is -2.31. The molecule has 2 amide bonds. The van der Waals surface area contributed by atoms with Gasteiger partial charge < -0.3 is 30.4 Å². The van der Waals surface area contributed by atoms with Gasteiger partial charge in [-0.15, -0.1) is 0 Å². The van der Waals surface area contributed by atoms with E-state index in [1.54, 1.807) is 6.20 Å². The molecule has 4 rings (SSSR count). The van der Waals surface area contributed by atoms with Crippen molar-refractivity contribution in [1.29, 1.82) is 0 Å². The summed E-state index contributed by atoms with van der Waals surface area (Å²) in [6.07, 6.45) is 4.32. The van der Waals surface area contributed by atoms with Gasteiger partial charge >= 0.3 is 6.09 Å². The molecule has 1 fully saturated rings. The second kappa shape index (κ2) is 13.9. The van der Waals surface area contributed by atoms with Crippen molar-refractivity contribution in [2.75, 3.05) is 17.2 Å². The van der Waals surface area contributed by atoms with Crippen molar-refractivity contribution in [3.63, 3.8) is 0 Å². The average molecular weight is 724 g/mol. The maximum absolute atomic E-state index is 13.5. The number of nitrogens with zero attached hydrogens (tertiary/aromatic N) is 1. The highest BCUT2D eigenvalue weighted by molar-refractivity contribution is 14.1. The second-order valence-corrected chi connectivity index (χ2v) is 20.1. The average Bonchev–Trinajstić information content (AvgIpc) is 3.34. The number of carbonyl (C=O) groups is 2. The highest BCUT2D eigenvalue weighted by atomic mass is 127. The van der Waals surface area contributed by atoms with Crippen LogP contribution in [-0.2, 0) is 9.47 Å². The van der Waals surface area contributed by atoms with E-state index in [0.29, 0.717) is 29.2 Å². The lowest BCUT2D eigenvalue weighted by Crippen LogP contribution is -2.42. The number of carbonyl (C=O) groups excluding carboxylic acids is 2. The highest BCUT2D eigenvalue weighted by Gasteiger charge is 2.27. The second-order valence-electron chi connectivity index (χ2n) is 13.3. The normalized spacial score (nSPS) is 18.2. The van der Waals surface area contributed by atoms with Crippen LogP contribution in [-0.4, -0.2) is 54.3 Å². The number of ether oxygens (including phenoxy) is 2. The van der Waals surface area contributed by atoms with E-state index in [9.17, 15) is 14.0 Å². The van der Waals surface area contributed by atoms with Gasteiger partial charge in [-0.3, -0.25) is 4.79 Å². The molecule has 1 unspecified atom stereocenters. The third kappa shape index (κ3) is 9.90. The van der Waals surface area contributed by atoms with Crippen molar-refractivity contribution in [3.05, 3.63) is 53.6 Å². The molecular weight excluding hydrogens is 680 g/mol. The molecule has 234 valence electrons. The van der Waals surface area contributed by atoms with E-state index in [4.69, 9.17) is 9.47 Å². The molecule has 2 heterocycles. The SMILES string of the molecule is CC(C)(C)OC(=O)NC1CCC(Nc2c(C(=O)Nc3ccc(F)cc3)cnc3[nH]c(C(I)OCC[Si](C)(C)C)cc23)CC1. The fraction of sp³-hybridized carbons (Fsp3) is 0.516. The Morgan fingerprint density at radius 2 is 1.77 bits per heavy atom. The maximum atomic E-state index is 13.5. The van der Waals surface area contributed by atoms with Gasteiger partial charge in [0.2, 0.25) is 0 Å². The topological polar surface area (TPSA) is 117 Å². The molecule has 1 atom stereocenters. The van der Waals surface area contributed by atoms with E-state index in [1.807, 2.05) is 26.8 Å². The number of hydrogen-bond acceptors (Lipinski definition) is 6. The van der Waals surface area contributed by atoms with Gasteiger partial charge in [-0.05, 0) is 105 Å². The number of aromatic amines is 1. The molecule has 0 saturated heterocycles. The Morgan fingerprint density at radius 1 is 1.12 bits per heavy atom. The number of pyridine rings is 1. The van der Waals surface area contributed by atoms with Crippen LogP contribution in [0.1, 0.15) is 66.6 Å². The first-order valence-electron chi connectivity index (χ1n) is 14.8. The minimum Gasteiger partial charge on any atom is -0.444 e. The predicted molar refractivity (Wildman–Crippen MR) is 180 cm³/mol. The quantitative estimate of drug-likeness (QED) is 0.0958. The minimum absolute atomic E-state index is 0.0264. The van der Waals surface area contributed by atoms with Crippen molar-refractivity contribution in [2.45, 2.75) is 93.9 Å². The lowest BCUT2D eigenvalue weighted by molar-refractivity contribution is 0.0492. The van der Waals surface area contributed by atoms with Gasteiger partial charge in [0.25, 0.3) is 5.91 Å². The molecule has 1 aromatic carbocycles. The molecule has 0 bridgehead atoms. The summed E-state index contributed by atoms with van der Waals surface area (Å²) < 4.78 is 24.8. The van der Waals surface area contributed by atoms with Gasteiger partial charge in [-0.25, -0.2) is 14.2 Å². The van der Waals surface area contributed by atoms with E-state index >= 15 is 0 Å². The zero-order valence-corrected chi connectivity index (χ0v) is 28.9. The first-order chi connectivity index (χ1) is 20.2. The Balaban J connectivity index is 1.54. The minimum atomic E-state index is -1.23. The number of rotatable bonds is 10. The van der Waals surface area contributed by atoms with Crippen molar-refractivity contribution < 1.29 is 23.5 Å². The Bertz CT molecular complexity index is 1410. The lowest BCUT2D eigenvalue weighted by atomic mass is 9.90. The summed E-state index contributed by atoms with van der Waals surface area (Å²) in [5, 5.41) is 10.3. The van der Waals surface area contributed by atoms with E-state index in [1.165, 1.54) is 24.3 Å². The Kier molecular flexibility index (Phi) is 10.8. The molecule has 3 aromatic rings. The van der Waals surface area contributed by atoms with Gasteiger partial charge in [-0.1, -0.05) is 19.6 Å². The van der Waals surface area contributed by atoms with Crippen LogP contribution in [0.5, 0.6) is 0 Å². The molecule has 12 heteroatoms. The van der Waals surface area contributed by atoms with E-state index in [-0.39, 0.29) is 27.9 Å². The first kappa shape index (κ1) is 33.2. The molecule has 43 heavy (non-hydrogen) atoms. The van der Waals surface area contributed by atoms with E-state index in [2.05, 4.69) is 68.2 Å². The van der Waals surface area contributed by atoms with Crippen molar-refractivity contribution in [3.8, 4) is 0 Å². The Labute approximate surface area is 267 Å². The summed E-state index contributed by atoms with van der Waals surface area (Å²) in [4.78, 5) is 33.7. The van der Waals surface area contributed by atoms with Gasteiger partial charge in [0.1, 0.15) is 21.2 Å². The number of anilines is 2. The zero-order chi connectivity index (χ0) is 31.4. The zero-order valence-electron chi connectivity index (χ0n) is 25.8. The van der Waals surface area contributed by atoms with Crippen LogP contribution in [0.4, 0.5) is 20.6 Å². The van der Waals surface area contributed by atoms with Crippen LogP contribution in [0.3, 0.4) is 0 Å². The summed E-state index contributed by atoms with van der Waals surface area (Å²) in [5.41, 5.74) is 2.55. The molecule has 0 radical (unpaired) electrons. The highest BCUT2D eigenvalue weighted by Crippen LogP contribution is 2.35. The van der Waals surface area contributed by atoms with Crippen LogP contribution in [0.2, 0.25) is 25.7 Å². The maximum Gasteiger partial charge on any atom is 0.407 e. The Morgan fingerprint density at radius 3 is 2.40 bits per heavy atom. The largest absolute Gasteiger partial charge is 0.444 e. The molecule has 2 aromatic heterocycles. The number of alkyl carbamates (subject to hydrolysis) is 1. The third-order valence-electron chi connectivity index (χ3n) is 7.18. The van der Waals surface area contributed by atoms with Gasteiger partial charge in [-0.2, -0.15) is 0 Å². The van der Waals surface area contributed by atoms with Crippen molar-refractivity contribution in [1.82, 2.24) is 15.3 Å². The summed E-state index contributed by atoms with van der Waals surface area (Å²) in [6, 6.07) is 8.84. The number of H-pyrrole nitrogens is 1. The monoisotopic (exact) mass is 723 g/mol. The number of hydrogen-bond donors (Lipinski definition) is 4.